The molecule has 0 aliphatic carbocycles. The molecule has 2 rings (SSSR count). The quantitative estimate of drug-likeness (QED) is 0.516. The number of nitrogens with one attached hydrogen (secondary N) is 1. The summed E-state index contributed by atoms with van der Waals surface area (Å²) in [5.74, 6) is -0.589. The maximum absolute atomic E-state index is 11.2. The summed E-state index contributed by atoms with van der Waals surface area (Å²) >= 11 is 0. The molecular formula is C11H13N3O2. The van der Waals surface area contributed by atoms with Crippen molar-refractivity contribution >= 4 is 23.2 Å². The molecular weight excluding hydrogens is 206 g/mol. The maximum atomic E-state index is 11.2. The molecule has 1 aromatic carbocycles. The van der Waals surface area contributed by atoms with Gasteiger partial charge in [-0.2, -0.15) is 0 Å². The minimum absolute atomic E-state index is 0.166. The van der Waals surface area contributed by atoms with Crippen molar-refractivity contribution in [3.8, 4) is 0 Å². The van der Waals surface area contributed by atoms with E-state index in [0.29, 0.717) is 5.69 Å². The van der Waals surface area contributed by atoms with E-state index in [1.165, 1.54) is 0 Å². The number of nitrogens with two attached hydrogens (primary N) is 1. The molecule has 84 valence electrons. The van der Waals surface area contributed by atoms with E-state index in [-0.39, 0.29) is 24.9 Å². The number of hydrogen-bond acceptors (Lipinski definition) is 4. The summed E-state index contributed by atoms with van der Waals surface area (Å²) < 4.78 is 0. The number of hydrogen-bond donors (Lipinski definition) is 2. The van der Waals surface area contributed by atoms with Crippen LogP contribution in [0.3, 0.4) is 0 Å². The van der Waals surface area contributed by atoms with Crippen LogP contribution in [0.4, 0.5) is 11.4 Å². The first kappa shape index (κ1) is 10.5. The SMILES string of the molecule is Cc1cccc(N2CC(=O)NC(=O)C2)c1N. The summed E-state index contributed by atoms with van der Waals surface area (Å²) in [5.41, 5.74) is 8.22. The molecule has 3 N–H and O–H groups in total. The van der Waals surface area contributed by atoms with Gasteiger partial charge in [-0.15, -0.1) is 0 Å². The Morgan fingerprint density at radius 2 is 1.88 bits per heavy atom. The zero-order chi connectivity index (χ0) is 11.7. The minimum atomic E-state index is -0.294. The number of amides is 2. The van der Waals surface area contributed by atoms with Crippen molar-refractivity contribution in [3.05, 3.63) is 23.8 Å². The van der Waals surface area contributed by atoms with Crippen LogP contribution in [0.2, 0.25) is 0 Å². The molecule has 1 heterocycles. The average Bonchev–Trinajstić information content (AvgIpc) is 2.20. The molecule has 0 aromatic heterocycles. The number of imide groups is 1. The third-order valence-corrected chi connectivity index (χ3v) is 2.59. The Labute approximate surface area is 93.2 Å². The van der Waals surface area contributed by atoms with E-state index in [2.05, 4.69) is 5.32 Å². The molecule has 0 unspecified atom stereocenters. The van der Waals surface area contributed by atoms with Gasteiger partial charge in [-0.05, 0) is 18.6 Å². The van der Waals surface area contributed by atoms with Gasteiger partial charge in [-0.1, -0.05) is 12.1 Å². The van der Waals surface area contributed by atoms with Crippen molar-refractivity contribution in [3.63, 3.8) is 0 Å². The Morgan fingerprint density at radius 3 is 2.50 bits per heavy atom. The standard InChI is InChI=1S/C11H13N3O2/c1-7-3-2-4-8(11(7)12)14-5-9(15)13-10(16)6-14/h2-4H,5-6,12H2,1H3,(H,13,15,16). The van der Waals surface area contributed by atoms with Crippen LogP contribution in [0.25, 0.3) is 0 Å². The molecule has 1 aromatic rings. The van der Waals surface area contributed by atoms with Crippen LogP contribution in [-0.4, -0.2) is 24.9 Å². The highest BCUT2D eigenvalue weighted by atomic mass is 16.2. The van der Waals surface area contributed by atoms with Gasteiger partial charge in [0.25, 0.3) is 0 Å². The third-order valence-electron chi connectivity index (χ3n) is 2.59. The smallest absolute Gasteiger partial charge is 0.246 e. The number of piperazine rings is 1. The Bertz CT molecular complexity index is 441. The van der Waals surface area contributed by atoms with Gasteiger partial charge in [0.05, 0.1) is 24.5 Å². The highest BCUT2D eigenvalue weighted by Gasteiger charge is 2.23. The number of carbonyl (C=O) groups excluding carboxylic acids is 2. The first-order valence-electron chi connectivity index (χ1n) is 5.00. The number of para-hydroxylation sites is 1. The first-order chi connectivity index (χ1) is 7.58. The van der Waals surface area contributed by atoms with E-state index in [0.717, 1.165) is 11.3 Å². The van der Waals surface area contributed by atoms with Crippen LogP contribution in [0.5, 0.6) is 0 Å². The molecule has 0 atom stereocenters. The lowest BCUT2D eigenvalue weighted by atomic mass is 10.1. The topological polar surface area (TPSA) is 75.4 Å². The monoisotopic (exact) mass is 219 g/mol. The van der Waals surface area contributed by atoms with Crippen molar-refractivity contribution in [2.75, 3.05) is 23.7 Å². The van der Waals surface area contributed by atoms with E-state index in [4.69, 9.17) is 5.73 Å². The summed E-state index contributed by atoms with van der Waals surface area (Å²) in [4.78, 5) is 24.2. The predicted molar refractivity (Wildman–Crippen MR) is 61.0 cm³/mol. The van der Waals surface area contributed by atoms with Gasteiger partial charge in [-0.3, -0.25) is 14.9 Å². The normalized spacial score (nSPS) is 16.2. The highest BCUT2D eigenvalue weighted by molar-refractivity contribution is 6.03. The van der Waals surface area contributed by atoms with Crippen LogP contribution < -0.4 is 16.0 Å². The van der Waals surface area contributed by atoms with Crippen LogP contribution in [0, 0.1) is 6.92 Å². The molecule has 0 saturated carbocycles. The molecule has 0 bridgehead atoms. The number of aryl methyl sites for hydroxylation is 1. The van der Waals surface area contributed by atoms with Gasteiger partial charge in [0.1, 0.15) is 0 Å². The second-order valence-corrected chi connectivity index (χ2v) is 3.84. The van der Waals surface area contributed by atoms with Crippen molar-refractivity contribution < 1.29 is 9.59 Å². The van der Waals surface area contributed by atoms with Crippen molar-refractivity contribution in [2.45, 2.75) is 6.92 Å². The number of nitrogens with zero attached hydrogens (tertiary/aromatic N) is 1. The number of nitrogen functional groups attached to an aromatic ring is 1. The van der Waals surface area contributed by atoms with Crippen LogP contribution >= 0.6 is 0 Å². The molecule has 0 spiro atoms. The van der Waals surface area contributed by atoms with Gasteiger partial charge < -0.3 is 10.6 Å². The van der Waals surface area contributed by atoms with Gasteiger partial charge in [0.15, 0.2) is 0 Å². The predicted octanol–water partition coefficient (Wildman–Crippen LogP) is 0.0400. The number of carbonyl (C=O) groups is 2. The lowest BCUT2D eigenvalue weighted by molar-refractivity contribution is -0.130. The fraction of sp³-hybridized carbons (Fsp3) is 0.273. The van der Waals surface area contributed by atoms with Crippen LogP contribution in [0.15, 0.2) is 18.2 Å². The Balaban J connectivity index is 2.33. The number of anilines is 2. The van der Waals surface area contributed by atoms with Crippen molar-refractivity contribution in [1.29, 1.82) is 0 Å². The zero-order valence-electron chi connectivity index (χ0n) is 8.99. The van der Waals surface area contributed by atoms with E-state index >= 15 is 0 Å². The van der Waals surface area contributed by atoms with Gasteiger partial charge >= 0.3 is 0 Å². The largest absolute Gasteiger partial charge is 0.397 e. The summed E-state index contributed by atoms with van der Waals surface area (Å²) in [5, 5.41) is 2.25. The van der Waals surface area contributed by atoms with E-state index < -0.39 is 0 Å². The van der Waals surface area contributed by atoms with E-state index in [9.17, 15) is 9.59 Å². The summed E-state index contributed by atoms with van der Waals surface area (Å²) in [6.07, 6.45) is 0. The molecule has 1 aliphatic heterocycles. The molecule has 16 heavy (non-hydrogen) atoms. The average molecular weight is 219 g/mol. The van der Waals surface area contributed by atoms with Gasteiger partial charge in [0.2, 0.25) is 11.8 Å². The van der Waals surface area contributed by atoms with Crippen molar-refractivity contribution in [2.24, 2.45) is 0 Å². The molecule has 2 amide bonds. The van der Waals surface area contributed by atoms with Crippen LogP contribution in [0.1, 0.15) is 5.56 Å². The van der Waals surface area contributed by atoms with Crippen molar-refractivity contribution in [1.82, 2.24) is 5.32 Å². The van der Waals surface area contributed by atoms with E-state index in [1.54, 1.807) is 4.90 Å². The molecule has 1 saturated heterocycles. The van der Waals surface area contributed by atoms with Gasteiger partial charge in [0, 0.05) is 0 Å². The van der Waals surface area contributed by atoms with E-state index in [1.807, 2.05) is 25.1 Å². The molecule has 5 heteroatoms. The molecule has 1 aliphatic rings. The lowest BCUT2D eigenvalue weighted by Crippen LogP contribution is -2.51. The zero-order valence-corrected chi connectivity index (χ0v) is 8.99. The minimum Gasteiger partial charge on any atom is -0.397 e. The Morgan fingerprint density at radius 1 is 1.25 bits per heavy atom. The summed E-state index contributed by atoms with van der Waals surface area (Å²) in [6.45, 7) is 2.23. The Hall–Kier alpha value is -2.04. The summed E-state index contributed by atoms with van der Waals surface area (Å²) in [7, 11) is 0. The Kier molecular flexibility index (Phi) is 2.52. The fourth-order valence-electron chi connectivity index (χ4n) is 1.75. The maximum Gasteiger partial charge on any atom is 0.246 e. The van der Waals surface area contributed by atoms with Crippen LogP contribution in [-0.2, 0) is 9.59 Å². The molecule has 5 nitrogen and oxygen atoms in total. The summed E-state index contributed by atoms with van der Waals surface area (Å²) in [6, 6.07) is 5.57. The second-order valence-electron chi connectivity index (χ2n) is 3.84. The number of benzene rings is 1. The molecule has 1 fully saturated rings. The number of rotatable bonds is 1. The van der Waals surface area contributed by atoms with Gasteiger partial charge in [-0.25, -0.2) is 0 Å². The molecule has 0 radical (unpaired) electrons. The first-order valence-corrected chi connectivity index (χ1v) is 5.00. The lowest BCUT2D eigenvalue weighted by Gasteiger charge is -2.28. The third kappa shape index (κ3) is 1.84. The highest BCUT2D eigenvalue weighted by Crippen LogP contribution is 2.26. The fourth-order valence-corrected chi connectivity index (χ4v) is 1.75. The second kappa shape index (κ2) is 3.84.